The van der Waals surface area contributed by atoms with E-state index in [1.54, 1.807) is 14.1 Å². The van der Waals surface area contributed by atoms with Crippen molar-refractivity contribution >= 4 is 96.9 Å². The highest BCUT2D eigenvalue weighted by atomic mass is 127. The average Bonchev–Trinajstić information content (AvgIpc) is 2.99. The number of anilines is 2. The van der Waals surface area contributed by atoms with Crippen molar-refractivity contribution in [1.82, 2.24) is 10.6 Å². The summed E-state index contributed by atoms with van der Waals surface area (Å²) in [5.74, 6) is -1.74. The molecule has 0 aliphatic carbocycles. The van der Waals surface area contributed by atoms with Crippen LogP contribution in [0.15, 0.2) is 0 Å². The van der Waals surface area contributed by atoms with Crippen molar-refractivity contribution in [2.24, 2.45) is 0 Å². The molecule has 2 amide bonds. The Balaban J connectivity index is 0. The van der Waals surface area contributed by atoms with Gasteiger partial charge in [-0.1, -0.05) is 0 Å². The van der Waals surface area contributed by atoms with E-state index in [0.717, 1.165) is 0 Å². The lowest BCUT2D eigenvalue weighted by atomic mass is 10.0. The molecule has 0 heterocycles. The van der Waals surface area contributed by atoms with Gasteiger partial charge < -0.3 is 77.4 Å². The summed E-state index contributed by atoms with van der Waals surface area (Å²) < 4.78 is 1.44. The van der Waals surface area contributed by atoms with Gasteiger partial charge >= 0.3 is 5.97 Å². The molecule has 15 N–H and O–H groups in total. The molecule has 18 nitrogen and oxygen atoms in total. The van der Waals surface area contributed by atoms with Crippen LogP contribution in [0.2, 0.25) is 0 Å². The number of nitrogens with one attached hydrogen (secondary N) is 4. The van der Waals surface area contributed by atoms with Crippen LogP contribution < -0.4 is 21.3 Å². The van der Waals surface area contributed by atoms with Gasteiger partial charge in [0.25, 0.3) is 0 Å². The topological polar surface area (TPSA) is 322 Å². The van der Waals surface area contributed by atoms with E-state index >= 15 is 0 Å². The molecule has 1 rings (SSSR count). The molecular formula is C25H43I3N4O14. The maximum atomic E-state index is 11.4. The third-order valence-corrected chi connectivity index (χ3v) is 8.85. The normalized spacial score (nSPS) is 16.1. The molecule has 268 valence electrons. The number of benzene rings is 1. The highest BCUT2D eigenvalue weighted by Gasteiger charge is 2.30. The number of halogens is 3. The second-order valence-electron chi connectivity index (χ2n) is 9.45. The molecule has 21 heteroatoms. The Morgan fingerprint density at radius 2 is 0.870 bits per heavy atom. The van der Waals surface area contributed by atoms with E-state index in [0.29, 0.717) is 22.1 Å². The number of amides is 2. The van der Waals surface area contributed by atoms with Gasteiger partial charge in [-0.25, -0.2) is 4.79 Å². The summed E-state index contributed by atoms with van der Waals surface area (Å²) in [4.78, 5) is 33.9. The number of likely N-dealkylation sites (N-methyl/N-ethyl adjacent to an activating group) is 2. The highest BCUT2D eigenvalue weighted by molar-refractivity contribution is 14.1. The van der Waals surface area contributed by atoms with Gasteiger partial charge in [-0.2, -0.15) is 0 Å². The monoisotopic (exact) mass is 1000 g/mol. The van der Waals surface area contributed by atoms with Crippen molar-refractivity contribution < 1.29 is 70.6 Å². The summed E-state index contributed by atoms with van der Waals surface area (Å²) >= 11 is 5.71. The van der Waals surface area contributed by atoms with Crippen molar-refractivity contribution in [1.29, 1.82) is 0 Å². The lowest BCUT2D eigenvalue weighted by molar-refractivity contribution is -0.115. The van der Waals surface area contributed by atoms with Gasteiger partial charge in [0, 0.05) is 26.9 Å². The van der Waals surface area contributed by atoms with Gasteiger partial charge in [0.2, 0.25) is 11.8 Å². The fourth-order valence-corrected chi connectivity index (χ4v) is 7.38. The maximum Gasteiger partial charge on any atom is 0.338 e. The number of aliphatic hydroxyl groups excluding tert-OH is 10. The van der Waals surface area contributed by atoms with Crippen molar-refractivity contribution in [3.05, 3.63) is 16.3 Å². The van der Waals surface area contributed by atoms with Crippen LogP contribution in [-0.2, 0) is 9.59 Å². The van der Waals surface area contributed by atoms with Crippen molar-refractivity contribution in [2.75, 3.05) is 51.0 Å². The molecule has 0 bridgehead atoms. The lowest BCUT2D eigenvalue weighted by Gasteiger charge is -2.25. The zero-order chi connectivity index (χ0) is 36.5. The first-order chi connectivity index (χ1) is 21.2. The van der Waals surface area contributed by atoms with Crippen LogP contribution in [-0.4, -0.2) is 163 Å². The molecule has 0 radical (unpaired) electrons. The Morgan fingerprint density at radius 3 is 1.09 bits per heavy atom. The van der Waals surface area contributed by atoms with Crippen molar-refractivity contribution in [3.63, 3.8) is 0 Å². The first-order valence-electron chi connectivity index (χ1n) is 13.2. The number of hydrogen-bond acceptors (Lipinski definition) is 15. The molecule has 0 aromatic heterocycles. The van der Waals surface area contributed by atoms with Crippen LogP contribution >= 0.6 is 67.8 Å². The SMILES string of the molecule is CC(=O)Nc1c(I)c(NC(C)=O)c(I)c(C(=O)O)c1I.CNC[C@H](O)[C@@H](O)[C@H](O)[C@H](O)CO.CNC[C@H](O)[C@@H](O)[C@H](O)[C@H](O)CO. The summed E-state index contributed by atoms with van der Waals surface area (Å²) in [7, 11) is 3.15. The number of hydrogen-bond donors (Lipinski definition) is 15. The van der Waals surface area contributed by atoms with Crippen molar-refractivity contribution in [3.8, 4) is 0 Å². The minimum Gasteiger partial charge on any atom is -0.478 e. The van der Waals surface area contributed by atoms with Gasteiger partial charge in [0.15, 0.2) is 0 Å². The Morgan fingerprint density at radius 1 is 0.587 bits per heavy atom. The molecule has 1 aromatic rings. The fourth-order valence-electron chi connectivity index (χ4n) is 3.21. The number of carbonyl (C=O) groups excluding carboxylic acids is 2. The first kappa shape index (κ1) is 47.5. The first-order valence-corrected chi connectivity index (χ1v) is 16.4. The predicted octanol–water partition coefficient (Wildman–Crippen LogP) is -3.60. The van der Waals surface area contributed by atoms with Gasteiger partial charge in [0.1, 0.15) is 36.6 Å². The van der Waals surface area contributed by atoms with E-state index in [-0.39, 0.29) is 30.5 Å². The number of carboxylic acids is 1. The summed E-state index contributed by atoms with van der Waals surface area (Å²) in [5.41, 5.74) is 0.833. The predicted molar refractivity (Wildman–Crippen MR) is 190 cm³/mol. The molecular weight excluding hydrogens is 961 g/mol. The summed E-state index contributed by atoms with van der Waals surface area (Å²) in [5, 5.41) is 109. The molecule has 0 spiro atoms. The number of carbonyl (C=O) groups is 3. The Labute approximate surface area is 306 Å². The smallest absolute Gasteiger partial charge is 0.338 e. The largest absolute Gasteiger partial charge is 0.478 e. The van der Waals surface area contributed by atoms with E-state index in [1.807, 2.05) is 67.8 Å². The molecule has 0 saturated carbocycles. The number of aromatic carboxylic acids is 1. The standard InChI is InChI=1S/C11H9I3N2O4.2C7H17NO5/c1-3(17)15-9-6(12)5(11(19)20)7(13)10(8(9)14)16-4(2)18;2*1-8-2-4(10)6(12)7(13)5(11)3-9/h1-2H3,(H,15,17)(H,16,18)(H,19,20);2*4-13H,2-3H2,1H3/t;2*4-,5+,6+,7+/m.00/s1. The van der Waals surface area contributed by atoms with E-state index in [4.69, 9.17) is 40.9 Å². The van der Waals surface area contributed by atoms with Crippen LogP contribution in [0, 0.1) is 10.7 Å². The van der Waals surface area contributed by atoms with E-state index in [1.165, 1.54) is 13.8 Å². The van der Waals surface area contributed by atoms with Crippen LogP contribution in [0.3, 0.4) is 0 Å². The second kappa shape index (κ2) is 24.5. The third kappa shape index (κ3) is 16.2. The summed E-state index contributed by atoms with van der Waals surface area (Å²) in [6.45, 7) is 1.53. The van der Waals surface area contributed by atoms with Crippen LogP contribution in [0.5, 0.6) is 0 Å². The molecule has 46 heavy (non-hydrogen) atoms. The second-order valence-corrected chi connectivity index (χ2v) is 12.7. The van der Waals surface area contributed by atoms with E-state index in [9.17, 15) is 29.7 Å². The Bertz CT molecular complexity index is 1030. The zero-order valence-corrected chi connectivity index (χ0v) is 31.7. The van der Waals surface area contributed by atoms with E-state index < -0.39 is 68.0 Å². The molecule has 0 fully saturated rings. The number of aliphatic hydroxyl groups is 10. The summed E-state index contributed by atoms with van der Waals surface area (Å²) in [6, 6.07) is 0. The zero-order valence-electron chi connectivity index (χ0n) is 25.2. The van der Waals surface area contributed by atoms with Crippen LogP contribution in [0.1, 0.15) is 24.2 Å². The molecule has 8 atom stereocenters. The average molecular weight is 1000 g/mol. The van der Waals surface area contributed by atoms with Gasteiger partial charge in [-0.05, 0) is 81.9 Å². The maximum absolute atomic E-state index is 11.4. The third-order valence-electron chi connectivity index (χ3n) is 5.61. The molecule has 0 aliphatic heterocycles. The highest BCUT2D eigenvalue weighted by Crippen LogP contribution is 2.38. The van der Waals surface area contributed by atoms with Gasteiger partial charge in [-0.3, -0.25) is 9.59 Å². The number of rotatable bonds is 15. The Hall–Kier alpha value is -0.660. The lowest BCUT2D eigenvalue weighted by Crippen LogP contribution is -2.48. The molecule has 0 unspecified atom stereocenters. The van der Waals surface area contributed by atoms with Crippen LogP contribution in [0.4, 0.5) is 11.4 Å². The minimum absolute atomic E-state index is 0.0547. The number of carboxylic acid groups (broad SMARTS) is 1. The van der Waals surface area contributed by atoms with Crippen LogP contribution in [0.25, 0.3) is 0 Å². The van der Waals surface area contributed by atoms with Crippen molar-refractivity contribution in [2.45, 2.75) is 62.7 Å². The summed E-state index contributed by atoms with van der Waals surface area (Å²) in [6.07, 6.45) is -11.3. The van der Waals surface area contributed by atoms with E-state index in [2.05, 4.69) is 21.3 Å². The molecule has 0 aliphatic rings. The quantitative estimate of drug-likeness (QED) is 0.0756. The van der Waals surface area contributed by atoms with Gasteiger partial charge in [0.05, 0.1) is 53.1 Å². The Kier molecular flexibility index (Phi) is 25.2. The van der Waals surface area contributed by atoms with Gasteiger partial charge in [-0.15, -0.1) is 0 Å². The molecule has 0 saturated heterocycles. The molecule has 1 aromatic carbocycles. The minimum atomic E-state index is -1.55. The fraction of sp³-hybridized carbons (Fsp3) is 0.640.